The molecule has 1 saturated heterocycles. The fourth-order valence-electron chi connectivity index (χ4n) is 2.32. The first-order chi connectivity index (χ1) is 8.24. The van der Waals surface area contributed by atoms with Gasteiger partial charge in [0.1, 0.15) is 0 Å². The van der Waals surface area contributed by atoms with Crippen LogP contribution in [-0.2, 0) is 6.54 Å². The van der Waals surface area contributed by atoms with E-state index in [0.717, 1.165) is 6.54 Å². The highest BCUT2D eigenvalue weighted by molar-refractivity contribution is 9.11. The zero-order chi connectivity index (χ0) is 12.1. The molecule has 1 N–H and O–H groups in total. The van der Waals surface area contributed by atoms with Crippen molar-refractivity contribution in [3.05, 3.63) is 20.8 Å². The zero-order valence-corrected chi connectivity index (χ0v) is 12.8. The van der Waals surface area contributed by atoms with Gasteiger partial charge in [0.15, 0.2) is 0 Å². The Morgan fingerprint density at radius 1 is 1.41 bits per heavy atom. The van der Waals surface area contributed by atoms with Crippen LogP contribution in [0.4, 0.5) is 0 Å². The first-order valence-electron chi connectivity index (χ1n) is 6.42. The van der Waals surface area contributed by atoms with E-state index in [2.05, 4.69) is 44.5 Å². The predicted molar refractivity (Wildman–Crippen MR) is 78.6 cm³/mol. The quantitative estimate of drug-likeness (QED) is 0.894. The highest BCUT2D eigenvalue weighted by Gasteiger charge is 2.12. The van der Waals surface area contributed by atoms with E-state index < -0.39 is 0 Å². The second-order valence-electron chi connectivity index (χ2n) is 4.90. The molecular formula is C13H21BrN2S. The summed E-state index contributed by atoms with van der Waals surface area (Å²) < 4.78 is 1.22. The van der Waals surface area contributed by atoms with E-state index in [1.807, 2.05) is 0 Å². The third-order valence-corrected chi connectivity index (χ3v) is 4.81. The molecule has 0 amide bonds. The summed E-state index contributed by atoms with van der Waals surface area (Å²) in [4.78, 5) is 2.59. The highest BCUT2D eigenvalue weighted by atomic mass is 79.9. The van der Waals surface area contributed by atoms with E-state index in [1.54, 1.807) is 11.3 Å². The molecule has 1 aliphatic rings. The van der Waals surface area contributed by atoms with E-state index >= 15 is 0 Å². The smallest absolute Gasteiger partial charge is 0.0701 e. The summed E-state index contributed by atoms with van der Waals surface area (Å²) in [5.74, 6) is 0. The second kappa shape index (κ2) is 6.88. The number of piperidine rings is 1. The van der Waals surface area contributed by atoms with Crippen molar-refractivity contribution in [2.45, 2.75) is 38.8 Å². The molecule has 1 aromatic rings. The summed E-state index contributed by atoms with van der Waals surface area (Å²) in [5, 5.41) is 5.82. The first-order valence-corrected chi connectivity index (χ1v) is 8.10. The third-order valence-electron chi connectivity index (χ3n) is 3.26. The second-order valence-corrected chi connectivity index (χ2v) is 7.19. The molecule has 0 aliphatic carbocycles. The van der Waals surface area contributed by atoms with Gasteiger partial charge in [0.2, 0.25) is 0 Å². The van der Waals surface area contributed by atoms with Gasteiger partial charge in [-0.1, -0.05) is 6.42 Å². The molecule has 0 aromatic carbocycles. The van der Waals surface area contributed by atoms with Crippen LogP contribution in [0.15, 0.2) is 15.2 Å². The number of thiophene rings is 1. The molecule has 1 fully saturated rings. The summed E-state index contributed by atoms with van der Waals surface area (Å²) >= 11 is 5.26. The van der Waals surface area contributed by atoms with E-state index in [4.69, 9.17) is 0 Å². The van der Waals surface area contributed by atoms with Gasteiger partial charge in [-0.15, -0.1) is 11.3 Å². The summed E-state index contributed by atoms with van der Waals surface area (Å²) in [6, 6.07) is 2.78. The minimum absolute atomic E-state index is 0.576. The van der Waals surface area contributed by atoms with Gasteiger partial charge < -0.3 is 10.2 Å². The summed E-state index contributed by atoms with van der Waals surface area (Å²) in [6.45, 7) is 7.03. The Kier molecular flexibility index (Phi) is 5.48. The van der Waals surface area contributed by atoms with Gasteiger partial charge in [-0.2, -0.15) is 0 Å². The van der Waals surface area contributed by atoms with Gasteiger partial charge in [-0.3, -0.25) is 0 Å². The fourth-order valence-corrected chi connectivity index (χ4v) is 3.53. The molecule has 2 nitrogen and oxygen atoms in total. The molecular weight excluding hydrogens is 296 g/mol. The Labute approximate surface area is 117 Å². The van der Waals surface area contributed by atoms with Gasteiger partial charge in [-0.05, 0) is 65.8 Å². The minimum Gasteiger partial charge on any atom is -0.309 e. The van der Waals surface area contributed by atoms with Crippen molar-refractivity contribution in [1.82, 2.24) is 10.2 Å². The number of hydrogen-bond donors (Lipinski definition) is 1. The maximum absolute atomic E-state index is 3.60. The van der Waals surface area contributed by atoms with Gasteiger partial charge in [-0.25, -0.2) is 0 Å². The molecule has 0 bridgehead atoms. The SMILES string of the molecule is CC(CN1CCCCC1)NCc1csc(Br)c1. The number of halogens is 1. The Morgan fingerprint density at radius 2 is 2.18 bits per heavy atom. The molecule has 2 heterocycles. The van der Waals surface area contributed by atoms with Crippen molar-refractivity contribution in [2.75, 3.05) is 19.6 Å². The average molecular weight is 317 g/mol. The molecule has 4 heteroatoms. The van der Waals surface area contributed by atoms with E-state index in [0.29, 0.717) is 6.04 Å². The summed E-state index contributed by atoms with van der Waals surface area (Å²) in [7, 11) is 0. The molecule has 0 saturated carbocycles. The molecule has 96 valence electrons. The topological polar surface area (TPSA) is 15.3 Å². The standard InChI is InChI=1S/C13H21BrN2S/c1-11(9-16-5-3-2-4-6-16)15-8-12-7-13(14)17-10-12/h7,10-11,15H,2-6,8-9H2,1H3. The summed E-state index contributed by atoms with van der Waals surface area (Å²) in [6.07, 6.45) is 4.18. The van der Waals surface area contributed by atoms with E-state index in [1.165, 1.54) is 48.2 Å². The lowest BCUT2D eigenvalue weighted by Crippen LogP contribution is -2.41. The van der Waals surface area contributed by atoms with Crippen molar-refractivity contribution in [2.24, 2.45) is 0 Å². The van der Waals surface area contributed by atoms with Crippen LogP contribution in [0.1, 0.15) is 31.7 Å². The van der Waals surface area contributed by atoms with Crippen LogP contribution in [0.2, 0.25) is 0 Å². The maximum Gasteiger partial charge on any atom is 0.0701 e. The Bertz CT molecular complexity index is 334. The molecule has 0 spiro atoms. The fraction of sp³-hybridized carbons (Fsp3) is 0.692. The lowest BCUT2D eigenvalue weighted by Gasteiger charge is -2.29. The molecule has 1 aromatic heterocycles. The van der Waals surface area contributed by atoms with Gasteiger partial charge in [0.05, 0.1) is 3.79 Å². The molecule has 17 heavy (non-hydrogen) atoms. The van der Waals surface area contributed by atoms with Gasteiger partial charge in [0, 0.05) is 19.1 Å². The maximum atomic E-state index is 3.60. The number of nitrogens with one attached hydrogen (secondary N) is 1. The highest BCUT2D eigenvalue weighted by Crippen LogP contribution is 2.20. The van der Waals surface area contributed by atoms with Crippen molar-refractivity contribution >= 4 is 27.3 Å². The molecule has 1 aliphatic heterocycles. The van der Waals surface area contributed by atoms with Crippen LogP contribution in [-0.4, -0.2) is 30.6 Å². The van der Waals surface area contributed by atoms with Crippen molar-refractivity contribution in [3.8, 4) is 0 Å². The average Bonchev–Trinajstić information content (AvgIpc) is 2.74. The van der Waals surface area contributed by atoms with Gasteiger partial charge in [0.25, 0.3) is 0 Å². The van der Waals surface area contributed by atoms with E-state index in [9.17, 15) is 0 Å². The number of rotatable bonds is 5. The van der Waals surface area contributed by atoms with Crippen LogP contribution >= 0.6 is 27.3 Å². The Morgan fingerprint density at radius 3 is 2.82 bits per heavy atom. The number of hydrogen-bond acceptors (Lipinski definition) is 3. The molecule has 1 atom stereocenters. The first kappa shape index (κ1) is 13.5. The van der Waals surface area contributed by atoms with Crippen LogP contribution in [0.3, 0.4) is 0 Å². The lowest BCUT2D eigenvalue weighted by atomic mass is 10.1. The normalized spacial score (nSPS) is 19.4. The number of likely N-dealkylation sites (tertiary alicyclic amines) is 1. The minimum atomic E-state index is 0.576. The van der Waals surface area contributed by atoms with Crippen molar-refractivity contribution in [3.63, 3.8) is 0 Å². The molecule has 0 radical (unpaired) electrons. The predicted octanol–water partition coefficient (Wildman–Crippen LogP) is 3.47. The van der Waals surface area contributed by atoms with Crippen LogP contribution < -0.4 is 5.32 Å². The monoisotopic (exact) mass is 316 g/mol. The third kappa shape index (κ3) is 4.70. The Balaban J connectivity index is 1.68. The largest absolute Gasteiger partial charge is 0.309 e. The van der Waals surface area contributed by atoms with E-state index in [-0.39, 0.29) is 0 Å². The molecule has 2 rings (SSSR count). The Hall–Kier alpha value is 0.100. The van der Waals surface area contributed by atoms with Crippen LogP contribution in [0, 0.1) is 0 Å². The van der Waals surface area contributed by atoms with Gasteiger partial charge >= 0.3 is 0 Å². The van der Waals surface area contributed by atoms with Crippen molar-refractivity contribution < 1.29 is 0 Å². The van der Waals surface area contributed by atoms with Crippen molar-refractivity contribution in [1.29, 1.82) is 0 Å². The van der Waals surface area contributed by atoms with Crippen LogP contribution in [0.5, 0.6) is 0 Å². The lowest BCUT2D eigenvalue weighted by molar-refractivity contribution is 0.209. The van der Waals surface area contributed by atoms with Crippen LogP contribution in [0.25, 0.3) is 0 Å². The molecule has 1 unspecified atom stereocenters. The number of nitrogens with zero attached hydrogens (tertiary/aromatic N) is 1. The zero-order valence-electron chi connectivity index (χ0n) is 10.4. The summed E-state index contributed by atoms with van der Waals surface area (Å²) in [5.41, 5.74) is 1.38.